The van der Waals surface area contributed by atoms with E-state index >= 15 is 0 Å². The number of nitrogens with zero attached hydrogens (tertiary/aromatic N) is 1. The Morgan fingerprint density at radius 2 is 1.78 bits per heavy atom. The van der Waals surface area contributed by atoms with E-state index < -0.39 is 5.43 Å². The smallest absolute Gasteiger partial charge is 0.262 e. The van der Waals surface area contributed by atoms with E-state index in [0.29, 0.717) is 34.1 Å². The van der Waals surface area contributed by atoms with Crippen LogP contribution in [0.3, 0.4) is 0 Å². The van der Waals surface area contributed by atoms with Crippen LogP contribution in [-0.4, -0.2) is 21.9 Å². The number of ether oxygens (including phenoxy) is 1. The molecule has 0 saturated carbocycles. The normalized spacial score (nSPS) is 11.4. The van der Waals surface area contributed by atoms with E-state index in [-0.39, 0.29) is 44.5 Å². The summed E-state index contributed by atoms with van der Waals surface area (Å²) in [5.41, 5.74) is 1.29. The van der Waals surface area contributed by atoms with Crippen LogP contribution in [0.15, 0.2) is 63.0 Å². The quantitative estimate of drug-likeness (QED) is 0.321. The van der Waals surface area contributed by atoms with Crippen molar-refractivity contribution in [2.45, 2.75) is 19.8 Å². The Labute approximate surface area is 206 Å². The number of fused-ring (bicyclic) bond motifs is 3. The van der Waals surface area contributed by atoms with Crippen molar-refractivity contribution in [1.82, 2.24) is 4.57 Å². The predicted octanol–water partition coefficient (Wildman–Crippen LogP) is 5.48. The largest absolute Gasteiger partial charge is 0.506 e. The van der Waals surface area contributed by atoms with Crippen molar-refractivity contribution in [3.63, 3.8) is 0 Å². The molecule has 0 saturated heterocycles. The summed E-state index contributed by atoms with van der Waals surface area (Å²) in [5.74, 6) is -0.344. The number of hydrogen-bond acceptors (Lipinski definition) is 6. The highest BCUT2D eigenvalue weighted by molar-refractivity contribution is 6.05. The molecule has 36 heavy (non-hydrogen) atoms. The zero-order valence-electron chi connectivity index (χ0n) is 20.2. The van der Waals surface area contributed by atoms with Gasteiger partial charge in [0.2, 0.25) is 5.43 Å². The lowest BCUT2D eigenvalue weighted by molar-refractivity contribution is 0.418. The Morgan fingerprint density at radius 3 is 2.47 bits per heavy atom. The van der Waals surface area contributed by atoms with Gasteiger partial charge in [0.15, 0.2) is 0 Å². The van der Waals surface area contributed by atoms with Gasteiger partial charge in [-0.3, -0.25) is 9.59 Å². The number of pyridine rings is 1. The van der Waals surface area contributed by atoms with Crippen LogP contribution in [-0.2, 0) is 13.5 Å². The van der Waals surface area contributed by atoms with Gasteiger partial charge in [-0.15, -0.1) is 0 Å². The highest BCUT2D eigenvalue weighted by Crippen LogP contribution is 2.47. The molecule has 0 fully saturated rings. The van der Waals surface area contributed by atoms with Crippen molar-refractivity contribution in [2.75, 3.05) is 7.11 Å². The summed E-state index contributed by atoms with van der Waals surface area (Å²) in [6.07, 6.45) is 3.02. The molecule has 182 valence electrons. The number of phenolic OH excluding ortho intramolecular Hbond substituents is 2. The summed E-state index contributed by atoms with van der Waals surface area (Å²) in [6.45, 7) is 5.86. The van der Waals surface area contributed by atoms with Crippen LogP contribution < -0.4 is 15.7 Å². The average molecular weight is 484 g/mol. The lowest BCUT2D eigenvalue weighted by Gasteiger charge is -2.18. The van der Waals surface area contributed by atoms with Crippen LogP contribution in [0.2, 0.25) is 0 Å². The van der Waals surface area contributed by atoms with Gasteiger partial charge in [-0.1, -0.05) is 38.1 Å². The van der Waals surface area contributed by atoms with Crippen molar-refractivity contribution in [2.24, 2.45) is 7.05 Å². The first-order chi connectivity index (χ1) is 17.3. The third-order valence-electron chi connectivity index (χ3n) is 6.65. The number of para-hydroxylation sites is 1. The number of methoxy groups -OCH3 is 1. The first kappa shape index (κ1) is 23.2. The molecule has 0 bridgehead atoms. The number of aryl methyl sites for hydroxylation is 1. The van der Waals surface area contributed by atoms with Crippen LogP contribution >= 0.6 is 0 Å². The van der Waals surface area contributed by atoms with E-state index in [1.165, 1.54) is 17.8 Å². The second-order valence-corrected chi connectivity index (χ2v) is 8.71. The third kappa shape index (κ3) is 3.27. The first-order valence-electron chi connectivity index (χ1n) is 11.6. The Morgan fingerprint density at radius 1 is 1.03 bits per heavy atom. The summed E-state index contributed by atoms with van der Waals surface area (Å²) in [5, 5.41) is 23.6. The number of hydrogen-bond donors (Lipinski definition) is 2. The number of phenols is 2. The zero-order chi connectivity index (χ0) is 25.7. The molecule has 2 N–H and O–H groups in total. The van der Waals surface area contributed by atoms with Crippen LogP contribution in [0.1, 0.15) is 24.6 Å². The lowest BCUT2D eigenvalue weighted by Crippen LogP contribution is -2.21. The average Bonchev–Trinajstić information content (AvgIpc) is 2.87. The van der Waals surface area contributed by atoms with E-state index in [2.05, 4.69) is 6.58 Å². The maximum absolute atomic E-state index is 13.3. The summed E-state index contributed by atoms with van der Waals surface area (Å²) < 4.78 is 13.0. The van der Waals surface area contributed by atoms with Gasteiger partial charge >= 0.3 is 0 Å². The van der Waals surface area contributed by atoms with E-state index in [4.69, 9.17) is 9.15 Å². The van der Waals surface area contributed by atoms with E-state index in [1.54, 1.807) is 43.4 Å². The second kappa shape index (κ2) is 8.61. The molecule has 0 radical (unpaired) electrons. The molecule has 0 amide bonds. The molecule has 0 unspecified atom stereocenters. The van der Waals surface area contributed by atoms with Gasteiger partial charge in [-0.05, 0) is 42.3 Å². The SMILES string of the molecule is C=Cc1cc2oc3ccccc3c(=O)c2c(O)c1-c1cc(OC)c2cc(CCC)n(C)c(=O)c2c1O. The van der Waals surface area contributed by atoms with Crippen molar-refractivity contribution in [3.8, 4) is 28.4 Å². The predicted molar refractivity (Wildman–Crippen MR) is 142 cm³/mol. The molecule has 5 rings (SSSR count). The minimum Gasteiger partial charge on any atom is -0.506 e. The highest BCUT2D eigenvalue weighted by atomic mass is 16.5. The molecule has 0 aliphatic rings. The van der Waals surface area contributed by atoms with Crippen LogP contribution in [0.4, 0.5) is 0 Å². The maximum Gasteiger partial charge on any atom is 0.262 e. The fraction of sp³-hybridized carbons (Fsp3) is 0.172. The summed E-state index contributed by atoms with van der Waals surface area (Å²) >= 11 is 0. The van der Waals surface area contributed by atoms with E-state index in [1.807, 2.05) is 13.0 Å². The van der Waals surface area contributed by atoms with Crippen LogP contribution in [0, 0.1) is 0 Å². The summed E-state index contributed by atoms with van der Waals surface area (Å²) in [6, 6.07) is 11.7. The molecule has 0 aliphatic heterocycles. The molecule has 0 spiro atoms. The van der Waals surface area contributed by atoms with Gasteiger partial charge < -0.3 is 23.9 Å². The minimum atomic E-state index is -0.409. The van der Waals surface area contributed by atoms with E-state index in [9.17, 15) is 19.8 Å². The minimum absolute atomic E-state index is 0.0287. The van der Waals surface area contributed by atoms with Crippen molar-refractivity contribution in [3.05, 3.63) is 80.9 Å². The molecular weight excluding hydrogens is 458 g/mol. The van der Waals surface area contributed by atoms with E-state index in [0.717, 1.165) is 12.1 Å². The first-order valence-corrected chi connectivity index (χ1v) is 11.6. The molecular formula is C29H25NO6. The molecule has 7 nitrogen and oxygen atoms in total. The second-order valence-electron chi connectivity index (χ2n) is 8.71. The fourth-order valence-electron chi connectivity index (χ4n) is 4.84. The van der Waals surface area contributed by atoms with Crippen molar-refractivity contribution < 1.29 is 19.4 Å². The standard InChI is InChI=1S/C29H25NO6/c1-5-9-16-13-18-21(35-4)14-19(27(32)24(18)29(34)30(16)3)23-15(6-2)12-22-25(28(23)33)26(31)17-10-7-8-11-20(17)36-22/h6-8,10-14,32-33H,2,5,9H2,1,3-4H3. The molecule has 0 aliphatic carbocycles. The topological polar surface area (TPSA) is 102 Å². The summed E-state index contributed by atoms with van der Waals surface area (Å²) in [7, 11) is 3.13. The fourth-order valence-corrected chi connectivity index (χ4v) is 4.84. The van der Waals surface area contributed by atoms with Gasteiger partial charge in [0, 0.05) is 29.3 Å². The zero-order valence-corrected chi connectivity index (χ0v) is 20.2. The highest BCUT2D eigenvalue weighted by Gasteiger charge is 2.25. The Hall–Kier alpha value is -4.52. The van der Waals surface area contributed by atoms with Gasteiger partial charge in [0.05, 0.1) is 17.9 Å². The number of aromatic nitrogens is 1. The molecule has 3 aromatic carbocycles. The molecule has 0 atom stereocenters. The monoisotopic (exact) mass is 483 g/mol. The number of aromatic hydroxyl groups is 2. The third-order valence-corrected chi connectivity index (χ3v) is 6.65. The van der Waals surface area contributed by atoms with Gasteiger partial charge in [-0.25, -0.2) is 0 Å². The molecule has 2 aromatic heterocycles. The Kier molecular flexibility index (Phi) is 5.55. The maximum atomic E-state index is 13.3. The van der Waals surface area contributed by atoms with Crippen molar-refractivity contribution >= 4 is 38.8 Å². The number of benzene rings is 3. The molecule has 7 heteroatoms. The molecule has 5 aromatic rings. The summed E-state index contributed by atoms with van der Waals surface area (Å²) in [4.78, 5) is 26.7. The van der Waals surface area contributed by atoms with Crippen LogP contribution in [0.5, 0.6) is 17.2 Å². The number of rotatable bonds is 5. The van der Waals surface area contributed by atoms with Gasteiger partial charge in [-0.2, -0.15) is 0 Å². The van der Waals surface area contributed by atoms with Gasteiger partial charge in [0.25, 0.3) is 5.56 Å². The van der Waals surface area contributed by atoms with Crippen molar-refractivity contribution in [1.29, 1.82) is 0 Å². The molecule has 2 heterocycles. The Balaban J connectivity index is 1.94. The van der Waals surface area contributed by atoms with Gasteiger partial charge in [0.1, 0.15) is 33.8 Å². The van der Waals surface area contributed by atoms with Crippen LogP contribution in [0.25, 0.3) is 49.9 Å². The Bertz CT molecular complexity index is 1830. The lowest BCUT2D eigenvalue weighted by atomic mass is 9.92.